The van der Waals surface area contributed by atoms with Crippen LogP contribution >= 0.6 is 0 Å². The fourth-order valence-electron chi connectivity index (χ4n) is 2.23. The zero-order valence-electron chi connectivity index (χ0n) is 11.4. The lowest BCUT2D eigenvalue weighted by Gasteiger charge is -2.07. The Hall–Kier alpha value is -2.82. The van der Waals surface area contributed by atoms with E-state index in [0.717, 1.165) is 10.9 Å². The van der Waals surface area contributed by atoms with E-state index in [9.17, 15) is 9.18 Å². The molecule has 0 saturated carbocycles. The number of carbonyl (C=O) groups excluding carboxylic acids is 1. The lowest BCUT2D eigenvalue weighted by molar-refractivity contribution is 0.102. The third-order valence-electron chi connectivity index (χ3n) is 3.45. The third-order valence-corrected chi connectivity index (χ3v) is 3.45. The van der Waals surface area contributed by atoms with Crippen molar-refractivity contribution in [1.82, 2.24) is 4.98 Å². The second-order valence-corrected chi connectivity index (χ2v) is 4.86. The molecule has 4 nitrogen and oxygen atoms in total. The number of nitrogens with two attached hydrogens (primary N) is 1. The maximum Gasteiger partial charge on any atom is 0.272 e. The molecule has 0 spiro atoms. The first-order valence-electron chi connectivity index (χ1n) is 6.50. The van der Waals surface area contributed by atoms with Gasteiger partial charge in [-0.15, -0.1) is 0 Å². The molecule has 0 radical (unpaired) electrons. The number of hydrogen-bond acceptors (Lipinski definition) is 2. The number of anilines is 2. The molecule has 0 atom stereocenters. The number of H-pyrrole nitrogens is 1. The largest absolute Gasteiger partial charge is 0.397 e. The predicted molar refractivity (Wildman–Crippen MR) is 81.8 cm³/mol. The highest BCUT2D eigenvalue weighted by Crippen LogP contribution is 2.23. The van der Waals surface area contributed by atoms with Gasteiger partial charge >= 0.3 is 0 Å². The predicted octanol–water partition coefficient (Wildman–Crippen LogP) is 3.45. The molecule has 0 aliphatic rings. The van der Waals surface area contributed by atoms with Crippen molar-refractivity contribution in [1.29, 1.82) is 0 Å². The van der Waals surface area contributed by atoms with Gasteiger partial charge in [-0.3, -0.25) is 4.79 Å². The molecule has 1 heterocycles. The molecule has 3 rings (SSSR count). The average molecular weight is 283 g/mol. The molecule has 5 heteroatoms. The average Bonchev–Trinajstić information content (AvgIpc) is 2.89. The van der Waals surface area contributed by atoms with Crippen LogP contribution in [0.5, 0.6) is 0 Å². The summed E-state index contributed by atoms with van der Waals surface area (Å²) < 4.78 is 13.5. The first kappa shape index (κ1) is 13.2. The molecule has 1 aromatic heterocycles. The van der Waals surface area contributed by atoms with Crippen LogP contribution in [0.1, 0.15) is 16.1 Å². The van der Waals surface area contributed by atoms with Crippen LogP contribution in [-0.2, 0) is 0 Å². The van der Waals surface area contributed by atoms with E-state index < -0.39 is 0 Å². The van der Waals surface area contributed by atoms with Crippen LogP contribution in [0, 0.1) is 12.7 Å². The Kier molecular flexibility index (Phi) is 3.10. The number of aromatic nitrogens is 1. The van der Waals surface area contributed by atoms with Crippen molar-refractivity contribution in [3.05, 3.63) is 59.5 Å². The summed E-state index contributed by atoms with van der Waals surface area (Å²) in [6.07, 6.45) is 0. The van der Waals surface area contributed by atoms with Crippen molar-refractivity contribution in [2.24, 2.45) is 0 Å². The summed E-state index contributed by atoms with van der Waals surface area (Å²) in [5, 5.41) is 3.55. The highest BCUT2D eigenvalue weighted by Gasteiger charge is 2.13. The first-order valence-corrected chi connectivity index (χ1v) is 6.50. The fourth-order valence-corrected chi connectivity index (χ4v) is 2.23. The van der Waals surface area contributed by atoms with E-state index in [2.05, 4.69) is 10.3 Å². The highest BCUT2D eigenvalue weighted by atomic mass is 19.1. The lowest BCUT2D eigenvalue weighted by atomic mass is 10.2. The Morgan fingerprint density at radius 2 is 2.00 bits per heavy atom. The smallest absolute Gasteiger partial charge is 0.272 e. The summed E-state index contributed by atoms with van der Waals surface area (Å²) >= 11 is 0. The maximum atomic E-state index is 13.5. The van der Waals surface area contributed by atoms with Crippen molar-refractivity contribution < 1.29 is 9.18 Å². The van der Waals surface area contributed by atoms with Crippen molar-refractivity contribution in [2.75, 3.05) is 11.1 Å². The van der Waals surface area contributed by atoms with Crippen LogP contribution in [0.4, 0.5) is 15.8 Å². The minimum Gasteiger partial charge on any atom is -0.397 e. The van der Waals surface area contributed by atoms with E-state index >= 15 is 0 Å². The van der Waals surface area contributed by atoms with Crippen LogP contribution in [0.25, 0.3) is 10.9 Å². The van der Waals surface area contributed by atoms with Crippen LogP contribution < -0.4 is 11.1 Å². The highest BCUT2D eigenvalue weighted by molar-refractivity contribution is 6.07. The molecule has 0 aliphatic heterocycles. The minimum atomic E-state index is -0.353. The van der Waals surface area contributed by atoms with Gasteiger partial charge in [0.1, 0.15) is 11.5 Å². The minimum absolute atomic E-state index is 0.334. The Balaban J connectivity index is 1.94. The van der Waals surface area contributed by atoms with E-state index in [1.54, 1.807) is 31.2 Å². The van der Waals surface area contributed by atoms with E-state index in [4.69, 9.17) is 5.73 Å². The molecule has 0 fully saturated rings. The lowest BCUT2D eigenvalue weighted by Crippen LogP contribution is -2.13. The van der Waals surface area contributed by atoms with E-state index in [0.29, 0.717) is 22.6 Å². The molecule has 106 valence electrons. The number of aromatic amines is 1. The first-order chi connectivity index (χ1) is 10.1. The second kappa shape index (κ2) is 4.94. The topological polar surface area (TPSA) is 70.9 Å². The molecular formula is C16H14FN3O. The Morgan fingerprint density at radius 3 is 2.76 bits per heavy atom. The molecule has 0 saturated heterocycles. The molecule has 2 aromatic carbocycles. The van der Waals surface area contributed by atoms with Gasteiger partial charge in [0.05, 0.1) is 11.2 Å². The van der Waals surface area contributed by atoms with Gasteiger partial charge in [0.25, 0.3) is 5.91 Å². The number of hydrogen-bond donors (Lipinski definition) is 3. The second-order valence-electron chi connectivity index (χ2n) is 4.86. The van der Waals surface area contributed by atoms with Gasteiger partial charge in [0.2, 0.25) is 0 Å². The molecule has 3 aromatic rings. The normalized spacial score (nSPS) is 10.8. The third kappa shape index (κ3) is 2.33. The van der Waals surface area contributed by atoms with Gasteiger partial charge < -0.3 is 16.0 Å². The SMILES string of the molecule is Cc1c(F)cccc1NC(=O)c1cc2cccc(N)c2[nH]1. The van der Waals surface area contributed by atoms with Gasteiger partial charge in [-0.05, 0) is 31.2 Å². The summed E-state index contributed by atoms with van der Waals surface area (Å²) in [5.74, 6) is -0.687. The van der Waals surface area contributed by atoms with Gasteiger partial charge in [0.15, 0.2) is 0 Å². The maximum absolute atomic E-state index is 13.5. The van der Waals surface area contributed by atoms with Gasteiger partial charge in [0, 0.05) is 16.6 Å². The molecule has 21 heavy (non-hydrogen) atoms. The van der Waals surface area contributed by atoms with Crippen molar-refractivity contribution in [3.8, 4) is 0 Å². The summed E-state index contributed by atoms with van der Waals surface area (Å²) in [7, 11) is 0. The standard InChI is InChI=1S/C16H14FN3O/c1-9-11(17)5-3-7-13(9)20-16(21)14-8-10-4-2-6-12(18)15(10)19-14/h2-8,19H,18H2,1H3,(H,20,21). The van der Waals surface area contributed by atoms with Gasteiger partial charge in [-0.2, -0.15) is 0 Å². The number of fused-ring (bicyclic) bond motifs is 1. The Morgan fingerprint density at radius 1 is 1.24 bits per heavy atom. The zero-order chi connectivity index (χ0) is 15.0. The van der Waals surface area contributed by atoms with Crippen LogP contribution in [0.2, 0.25) is 0 Å². The Bertz CT molecular complexity index is 839. The zero-order valence-corrected chi connectivity index (χ0v) is 11.4. The summed E-state index contributed by atoms with van der Waals surface area (Å²) in [4.78, 5) is 15.2. The van der Waals surface area contributed by atoms with Crippen LogP contribution in [0.3, 0.4) is 0 Å². The quantitative estimate of drug-likeness (QED) is 0.630. The number of nitrogens with one attached hydrogen (secondary N) is 2. The van der Waals surface area contributed by atoms with Crippen LogP contribution in [-0.4, -0.2) is 10.9 Å². The molecule has 0 aliphatic carbocycles. The number of benzene rings is 2. The van der Waals surface area contributed by atoms with Crippen molar-refractivity contribution in [2.45, 2.75) is 6.92 Å². The number of nitrogen functional groups attached to an aromatic ring is 1. The number of carbonyl (C=O) groups is 1. The monoisotopic (exact) mass is 283 g/mol. The number of para-hydroxylation sites is 1. The molecular weight excluding hydrogens is 269 g/mol. The van der Waals surface area contributed by atoms with E-state index in [-0.39, 0.29) is 11.7 Å². The molecule has 1 amide bonds. The summed E-state index contributed by atoms with van der Waals surface area (Å²) in [6, 6.07) is 11.7. The summed E-state index contributed by atoms with van der Waals surface area (Å²) in [5.41, 5.74) is 8.39. The molecule has 0 bridgehead atoms. The molecule has 0 unspecified atom stereocenters. The number of amides is 1. The Labute approximate surface area is 120 Å². The fraction of sp³-hybridized carbons (Fsp3) is 0.0625. The van der Waals surface area contributed by atoms with E-state index in [1.165, 1.54) is 6.07 Å². The van der Waals surface area contributed by atoms with E-state index in [1.807, 2.05) is 12.1 Å². The van der Waals surface area contributed by atoms with Crippen molar-refractivity contribution in [3.63, 3.8) is 0 Å². The summed E-state index contributed by atoms with van der Waals surface area (Å²) in [6.45, 7) is 1.62. The number of halogens is 1. The van der Waals surface area contributed by atoms with Gasteiger partial charge in [-0.25, -0.2) is 4.39 Å². The van der Waals surface area contributed by atoms with Crippen LogP contribution in [0.15, 0.2) is 42.5 Å². The van der Waals surface area contributed by atoms with Gasteiger partial charge in [-0.1, -0.05) is 18.2 Å². The van der Waals surface area contributed by atoms with Crippen molar-refractivity contribution >= 4 is 28.2 Å². The number of rotatable bonds is 2. The molecule has 4 N–H and O–H groups in total.